The molecule has 1 atom stereocenters. The van der Waals surface area contributed by atoms with Crippen LogP contribution in [0, 0.1) is 0 Å². The molecule has 0 saturated heterocycles. The van der Waals surface area contributed by atoms with E-state index in [4.69, 9.17) is 5.73 Å². The van der Waals surface area contributed by atoms with Gasteiger partial charge in [-0.25, -0.2) is 0 Å². The third-order valence-electron chi connectivity index (χ3n) is 5.17. The zero-order valence-corrected chi connectivity index (χ0v) is 12.6. The largest absolute Gasteiger partial charge is 0.324 e. The lowest BCUT2D eigenvalue weighted by atomic mass is 9.95. The molecule has 2 aliphatic rings. The normalized spacial score (nSPS) is 17.6. The number of hydrogen-bond acceptors (Lipinski definition) is 1. The minimum atomic E-state index is 0.121. The van der Waals surface area contributed by atoms with Crippen molar-refractivity contribution in [1.82, 2.24) is 0 Å². The number of hydrogen-bond donors (Lipinski definition) is 1. The number of nitrogens with two attached hydrogens (primary N) is 1. The Bertz CT molecular complexity index is 672. The lowest BCUT2D eigenvalue weighted by molar-refractivity contribution is 0.720. The zero-order valence-electron chi connectivity index (χ0n) is 12.6. The van der Waals surface area contributed by atoms with Crippen LogP contribution in [0.5, 0.6) is 0 Å². The molecule has 4 rings (SSSR count). The molecule has 1 nitrogen and oxygen atoms in total. The van der Waals surface area contributed by atoms with Gasteiger partial charge in [0.05, 0.1) is 0 Å². The van der Waals surface area contributed by atoms with E-state index in [1.807, 2.05) is 0 Å². The fraction of sp³-hybridized carbons (Fsp3) is 0.400. The molecule has 0 saturated carbocycles. The van der Waals surface area contributed by atoms with Gasteiger partial charge in [-0.1, -0.05) is 36.4 Å². The summed E-state index contributed by atoms with van der Waals surface area (Å²) >= 11 is 0. The summed E-state index contributed by atoms with van der Waals surface area (Å²) in [6.45, 7) is 0. The molecule has 0 radical (unpaired) electrons. The molecule has 0 heterocycles. The van der Waals surface area contributed by atoms with Gasteiger partial charge < -0.3 is 5.73 Å². The monoisotopic (exact) mass is 277 g/mol. The maximum absolute atomic E-state index is 6.47. The van der Waals surface area contributed by atoms with Crippen LogP contribution in [0.15, 0.2) is 36.4 Å². The third-order valence-corrected chi connectivity index (χ3v) is 5.17. The summed E-state index contributed by atoms with van der Waals surface area (Å²) in [6.07, 6.45) is 8.55. The molecule has 0 aromatic heterocycles. The van der Waals surface area contributed by atoms with E-state index >= 15 is 0 Å². The fourth-order valence-corrected chi connectivity index (χ4v) is 3.95. The SMILES string of the molecule is NC(Cc1ccc2c(c1)CCC2)c1ccc2c(c1)CCC2. The summed E-state index contributed by atoms with van der Waals surface area (Å²) in [5.41, 5.74) is 15.3. The van der Waals surface area contributed by atoms with Crippen molar-refractivity contribution in [1.29, 1.82) is 0 Å². The van der Waals surface area contributed by atoms with Gasteiger partial charge in [-0.05, 0) is 78.3 Å². The maximum atomic E-state index is 6.47. The van der Waals surface area contributed by atoms with E-state index in [9.17, 15) is 0 Å². The van der Waals surface area contributed by atoms with Crippen LogP contribution in [0.2, 0.25) is 0 Å². The molecule has 1 heteroatoms. The molecule has 21 heavy (non-hydrogen) atoms. The van der Waals surface area contributed by atoms with E-state index in [-0.39, 0.29) is 6.04 Å². The van der Waals surface area contributed by atoms with Crippen molar-refractivity contribution in [2.24, 2.45) is 5.73 Å². The minimum Gasteiger partial charge on any atom is -0.324 e. The van der Waals surface area contributed by atoms with Crippen molar-refractivity contribution >= 4 is 0 Å². The molecule has 2 aliphatic carbocycles. The topological polar surface area (TPSA) is 26.0 Å². The van der Waals surface area contributed by atoms with E-state index in [0.29, 0.717) is 0 Å². The lowest BCUT2D eigenvalue weighted by Crippen LogP contribution is -2.14. The van der Waals surface area contributed by atoms with Gasteiger partial charge in [-0.2, -0.15) is 0 Å². The van der Waals surface area contributed by atoms with Crippen LogP contribution in [0.3, 0.4) is 0 Å². The van der Waals surface area contributed by atoms with Crippen molar-refractivity contribution < 1.29 is 0 Å². The third kappa shape index (κ3) is 2.51. The van der Waals surface area contributed by atoms with Crippen LogP contribution in [-0.2, 0) is 32.1 Å². The Kier molecular flexibility index (Phi) is 3.31. The van der Waals surface area contributed by atoms with Crippen molar-refractivity contribution in [3.05, 3.63) is 69.8 Å². The average Bonchev–Trinajstić information content (AvgIpc) is 3.14. The Morgan fingerprint density at radius 1 is 0.762 bits per heavy atom. The van der Waals surface area contributed by atoms with Gasteiger partial charge in [0.2, 0.25) is 0 Å². The van der Waals surface area contributed by atoms with Crippen LogP contribution in [-0.4, -0.2) is 0 Å². The molecule has 2 aromatic carbocycles. The standard InChI is InChI=1S/C20H23N/c21-20(19-10-9-16-4-2-6-18(16)13-19)12-14-7-8-15-3-1-5-17(15)11-14/h7-11,13,20H,1-6,12,21H2. The Morgan fingerprint density at radius 3 is 2.14 bits per heavy atom. The summed E-state index contributed by atoms with van der Waals surface area (Å²) < 4.78 is 0. The second-order valence-electron chi connectivity index (χ2n) is 6.65. The molecule has 108 valence electrons. The van der Waals surface area contributed by atoms with Crippen LogP contribution in [0.4, 0.5) is 0 Å². The van der Waals surface area contributed by atoms with Crippen LogP contribution >= 0.6 is 0 Å². The quantitative estimate of drug-likeness (QED) is 0.904. The summed E-state index contributed by atoms with van der Waals surface area (Å²) in [5, 5.41) is 0. The average molecular weight is 277 g/mol. The molecule has 0 fully saturated rings. The summed E-state index contributed by atoms with van der Waals surface area (Å²) in [5.74, 6) is 0. The van der Waals surface area contributed by atoms with Crippen LogP contribution < -0.4 is 5.73 Å². The highest BCUT2D eigenvalue weighted by Crippen LogP contribution is 2.27. The van der Waals surface area contributed by atoms with Gasteiger partial charge >= 0.3 is 0 Å². The van der Waals surface area contributed by atoms with Gasteiger partial charge in [0.15, 0.2) is 0 Å². The predicted octanol–water partition coefficient (Wildman–Crippen LogP) is 3.91. The van der Waals surface area contributed by atoms with E-state index in [2.05, 4.69) is 36.4 Å². The first-order chi connectivity index (χ1) is 10.3. The molecule has 0 bridgehead atoms. The van der Waals surface area contributed by atoms with Crippen LogP contribution in [0.25, 0.3) is 0 Å². The molecular weight excluding hydrogens is 254 g/mol. The first-order valence-electron chi connectivity index (χ1n) is 8.27. The highest BCUT2D eigenvalue weighted by Gasteiger charge is 2.15. The van der Waals surface area contributed by atoms with E-state index in [0.717, 1.165) is 6.42 Å². The minimum absolute atomic E-state index is 0.121. The maximum Gasteiger partial charge on any atom is 0.0335 e. The van der Waals surface area contributed by atoms with Gasteiger partial charge in [0.1, 0.15) is 0 Å². The van der Waals surface area contributed by atoms with Crippen molar-refractivity contribution in [3.8, 4) is 0 Å². The highest BCUT2D eigenvalue weighted by molar-refractivity contribution is 5.39. The lowest BCUT2D eigenvalue weighted by Gasteiger charge is -2.14. The molecule has 0 amide bonds. The van der Waals surface area contributed by atoms with E-state index in [1.54, 1.807) is 11.1 Å². The summed E-state index contributed by atoms with van der Waals surface area (Å²) in [4.78, 5) is 0. The second-order valence-corrected chi connectivity index (χ2v) is 6.65. The number of fused-ring (bicyclic) bond motifs is 2. The van der Waals surface area contributed by atoms with Crippen molar-refractivity contribution in [3.63, 3.8) is 0 Å². The molecule has 0 aliphatic heterocycles. The Balaban J connectivity index is 1.54. The highest BCUT2D eigenvalue weighted by atomic mass is 14.6. The Morgan fingerprint density at radius 2 is 1.38 bits per heavy atom. The van der Waals surface area contributed by atoms with Gasteiger partial charge in [-0.3, -0.25) is 0 Å². The zero-order chi connectivity index (χ0) is 14.2. The van der Waals surface area contributed by atoms with Crippen molar-refractivity contribution in [2.75, 3.05) is 0 Å². The molecular formula is C20H23N. The van der Waals surface area contributed by atoms with Crippen LogP contribution in [0.1, 0.15) is 52.3 Å². The molecule has 2 aromatic rings. The Labute approximate surface area is 127 Å². The molecule has 1 unspecified atom stereocenters. The first kappa shape index (κ1) is 13.1. The summed E-state index contributed by atoms with van der Waals surface area (Å²) in [6, 6.07) is 14.0. The Hall–Kier alpha value is -1.60. The number of rotatable bonds is 3. The smallest absolute Gasteiger partial charge is 0.0335 e. The first-order valence-corrected chi connectivity index (χ1v) is 8.27. The summed E-state index contributed by atoms with van der Waals surface area (Å²) in [7, 11) is 0. The van der Waals surface area contributed by atoms with Gasteiger partial charge in [-0.15, -0.1) is 0 Å². The van der Waals surface area contributed by atoms with E-state index in [1.165, 1.54) is 60.8 Å². The number of benzene rings is 2. The molecule has 0 spiro atoms. The molecule has 2 N–H and O–H groups in total. The van der Waals surface area contributed by atoms with Crippen molar-refractivity contribution in [2.45, 2.75) is 51.0 Å². The van der Waals surface area contributed by atoms with E-state index < -0.39 is 0 Å². The predicted molar refractivity (Wildman–Crippen MR) is 87.6 cm³/mol. The van der Waals surface area contributed by atoms with Gasteiger partial charge in [0.25, 0.3) is 0 Å². The number of aryl methyl sites for hydroxylation is 4. The fourth-order valence-electron chi connectivity index (χ4n) is 3.95. The van der Waals surface area contributed by atoms with Gasteiger partial charge in [0, 0.05) is 6.04 Å². The second kappa shape index (κ2) is 5.31.